The molecule has 118 valence electrons. The molecule has 0 aromatic heterocycles. The van der Waals surface area contributed by atoms with Crippen LogP contribution in [0.1, 0.15) is 66.7 Å². The lowest BCUT2D eigenvalue weighted by atomic mass is 10.1. The van der Waals surface area contributed by atoms with E-state index in [1.54, 1.807) is 0 Å². The van der Waals surface area contributed by atoms with Crippen LogP contribution in [0.3, 0.4) is 0 Å². The molecular formula is C18H36OSi. The van der Waals surface area contributed by atoms with Gasteiger partial charge in [0.25, 0.3) is 0 Å². The second-order valence-electron chi connectivity index (χ2n) is 7.38. The van der Waals surface area contributed by atoms with Gasteiger partial charge in [-0.25, -0.2) is 0 Å². The van der Waals surface area contributed by atoms with E-state index in [1.165, 1.54) is 25.7 Å². The predicted octanol–water partition coefficient (Wildman–Crippen LogP) is 6.33. The summed E-state index contributed by atoms with van der Waals surface area (Å²) in [6, 6.07) is 0. The maximum atomic E-state index is 6.17. The van der Waals surface area contributed by atoms with Crippen molar-refractivity contribution in [2.45, 2.75) is 84.9 Å². The van der Waals surface area contributed by atoms with Gasteiger partial charge < -0.3 is 4.43 Å². The van der Waals surface area contributed by atoms with Crippen molar-refractivity contribution in [3.8, 4) is 0 Å². The molecule has 1 nitrogen and oxygen atoms in total. The Balaban J connectivity index is 3.67. The molecule has 0 saturated heterocycles. The predicted molar refractivity (Wildman–Crippen MR) is 93.7 cm³/mol. The maximum absolute atomic E-state index is 6.17. The smallest absolute Gasteiger partial charge is 0.191 e. The monoisotopic (exact) mass is 296 g/mol. The zero-order valence-corrected chi connectivity index (χ0v) is 15.9. The van der Waals surface area contributed by atoms with Crippen LogP contribution >= 0.6 is 0 Å². The first kappa shape index (κ1) is 19.7. The number of hydrogen-bond donors (Lipinski definition) is 0. The van der Waals surface area contributed by atoms with Crippen molar-refractivity contribution in [3.05, 3.63) is 17.9 Å². The Hall–Kier alpha value is -0.303. The average Bonchev–Trinajstić information content (AvgIpc) is 2.34. The van der Waals surface area contributed by atoms with Gasteiger partial charge in [-0.3, -0.25) is 0 Å². The molecular weight excluding hydrogens is 260 g/mol. The van der Waals surface area contributed by atoms with Crippen molar-refractivity contribution in [2.24, 2.45) is 5.92 Å². The van der Waals surface area contributed by atoms with Crippen molar-refractivity contribution in [3.63, 3.8) is 0 Å². The highest BCUT2D eigenvalue weighted by Gasteiger charge is 2.36. The first-order chi connectivity index (χ1) is 9.20. The van der Waals surface area contributed by atoms with Crippen LogP contribution in [0.4, 0.5) is 0 Å². The molecule has 0 saturated carbocycles. The van der Waals surface area contributed by atoms with E-state index in [-0.39, 0.29) is 0 Å². The highest BCUT2D eigenvalue weighted by molar-refractivity contribution is 6.74. The van der Waals surface area contributed by atoms with Crippen LogP contribution in [0.2, 0.25) is 18.1 Å². The van der Waals surface area contributed by atoms with Crippen LogP contribution in [0.25, 0.3) is 0 Å². The van der Waals surface area contributed by atoms with Gasteiger partial charge in [-0.1, -0.05) is 41.0 Å². The van der Waals surface area contributed by atoms with Crippen LogP contribution in [-0.2, 0) is 4.43 Å². The summed E-state index contributed by atoms with van der Waals surface area (Å²) in [4.78, 5) is 0. The molecule has 0 N–H and O–H groups in total. The fourth-order valence-corrected chi connectivity index (χ4v) is 2.59. The lowest BCUT2D eigenvalue weighted by Crippen LogP contribution is -2.40. The van der Waals surface area contributed by atoms with Crippen molar-refractivity contribution in [2.75, 3.05) is 6.61 Å². The molecule has 0 fully saturated rings. The molecule has 0 aliphatic carbocycles. The molecule has 0 radical (unpaired) electrons. The summed E-state index contributed by atoms with van der Waals surface area (Å²) in [6.07, 6.45) is 10.4. The third-order valence-corrected chi connectivity index (χ3v) is 8.94. The fraction of sp³-hybridized carbons (Fsp3) is 0.833. The Morgan fingerprint density at radius 2 is 1.80 bits per heavy atom. The van der Waals surface area contributed by atoms with Crippen LogP contribution in [0.5, 0.6) is 0 Å². The van der Waals surface area contributed by atoms with Crippen LogP contribution in [0.15, 0.2) is 17.9 Å². The molecule has 0 aliphatic rings. The van der Waals surface area contributed by atoms with Crippen molar-refractivity contribution >= 4 is 8.32 Å². The summed E-state index contributed by atoms with van der Waals surface area (Å²) in [7, 11) is -1.53. The summed E-state index contributed by atoms with van der Waals surface area (Å²) < 4.78 is 6.17. The van der Waals surface area contributed by atoms with E-state index >= 15 is 0 Å². The van der Waals surface area contributed by atoms with Crippen molar-refractivity contribution < 1.29 is 4.43 Å². The minimum absolute atomic E-state index is 0.330. The molecule has 1 atom stereocenters. The zero-order valence-electron chi connectivity index (χ0n) is 14.9. The number of unbranched alkanes of at least 4 members (excludes halogenated alkanes) is 3. The first-order valence-electron chi connectivity index (χ1n) is 8.25. The number of allylic oxidation sites excluding steroid dienone is 1. The molecule has 1 unspecified atom stereocenters. The Bertz CT molecular complexity index is 306. The zero-order chi connectivity index (χ0) is 15.6. The van der Waals surface area contributed by atoms with E-state index in [1.807, 2.05) is 0 Å². The SMILES string of the molecule is CCC(C)C=C=CCCCCCO[Si](C)(C)C(C)(C)C. The van der Waals surface area contributed by atoms with E-state index < -0.39 is 8.32 Å². The first-order valence-corrected chi connectivity index (χ1v) is 11.2. The van der Waals surface area contributed by atoms with E-state index in [9.17, 15) is 0 Å². The lowest BCUT2D eigenvalue weighted by Gasteiger charge is -2.36. The molecule has 0 heterocycles. The van der Waals surface area contributed by atoms with E-state index in [0.717, 1.165) is 13.0 Å². The Morgan fingerprint density at radius 3 is 2.35 bits per heavy atom. The summed E-state index contributed by atoms with van der Waals surface area (Å²) in [5, 5.41) is 0.330. The molecule has 0 aromatic carbocycles. The van der Waals surface area contributed by atoms with E-state index in [4.69, 9.17) is 4.43 Å². The van der Waals surface area contributed by atoms with Gasteiger partial charge in [0.1, 0.15) is 0 Å². The van der Waals surface area contributed by atoms with Gasteiger partial charge in [0.05, 0.1) is 0 Å². The van der Waals surface area contributed by atoms with Gasteiger partial charge in [0.2, 0.25) is 0 Å². The Kier molecular flexibility index (Phi) is 9.45. The molecule has 2 heteroatoms. The molecule has 0 aromatic rings. The third-order valence-electron chi connectivity index (χ3n) is 4.40. The van der Waals surface area contributed by atoms with Crippen molar-refractivity contribution in [1.29, 1.82) is 0 Å². The second-order valence-corrected chi connectivity index (χ2v) is 12.2. The molecule has 0 bridgehead atoms. The summed E-state index contributed by atoms with van der Waals surface area (Å²) in [5.41, 5.74) is 3.30. The number of rotatable bonds is 9. The minimum atomic E-state index is -1.53. The molecule has 0 aliphatic heterocycles. The summed E-state index contributed by atoms with van der Waals surface area (Å²) in [5.74, 6) is 0.657. The van der Waals surface area contributed by atoms with E-state index in [2.05, 4.69) is 65.6 Å². The molecule has 20 heavy (non-hydrogen) atoms. The Labute approximate surface area is 128 Å². The maximum Gasteiger partial charge on any atom is 0.191 e. The number of hydrogen-bond acceptors (Lipinski definition) is 1. The van der Waals surface area contributed by atoms with Crippen molar-refractivity contribution in [1.82, 2.24) is 0 Å². The third kappa shape index (κ3) is 8.79. The van der Waals surface area contributed by atoms with Gasteiger partial charge >= 0.3 is 0 Å². The highest BCUT2D eigenvalue weighted by Crippen LogP contribution is 2.36. The minimum Gasteiger partial charge on any atom is -0.417 e. The lowest BCUT2D eigenvalue weighted by molar-refractivity contribution is 0.278. The van der Waals surface area contributed by atoms with Crippen LogP contribution in [0, 0.1) is 5.92 Å². The quantitative estimate of drug-likeness (QED) is 0.274. The Morgan fingerprint density at radius 1 is 1.15 bits per heavy atom. The van der Waals surface area contributed by atoms with Gasteiger partial charge in [0, 0.05) is 6.61 Å². The van der Waals surface area contributed by atoms with Gasteiger partial charge in [-0.2, -0.15) is 0 Å². The van der Waals surface area contributed by atoms with Crippen LogP contribution < -0.4 is 0 Å². The molecule has 0 spiro atoms. The standard InChI is InChI=1S/C18H36OSi/c1-8-17(2)15-13-11-9-10-12-14-16-19-20(6,7)18(3,4)5/h11,15,17H,8-10,12,14,16H2,1-7H3. The highest BCUT2D eigenvalue weighted by atomic mass is 28.4. The van der Waals surface area contributed by atoms with Gasteiger partial charge in [0.15, 0.2) is 8.32 Å². The summed E-state index contributed by atoms with van der Waals surface area (Å²) in [6.45, 7) is 16.9. The summed E-state index contributed by atoms with van der Waals surface area (Å²) >= 11 is 0. The fourth-order valence-electron chi connectivity index (χ4n) is 1.50. The van der Waals surface area contributed by atoms with Gasteiger partial charge in [-0.05, 0) is 61.9 Å². The molecule has 0 amide bonds. The second kappa shape index (κ2) is 9.60. The largest absolute Gasteiger partial charge is 0.417 e. The molecule has 0 rings (SSSR count). The van der Waals surface area contributed by atoms with Gasteiger partial charge in [-0.15, -0.1) is 5.73 Å². The average molecular weight is 297 g/mol. The topological polar surface area (TPSA) is 9.23 Å². The normalized spacial score (nSPS) is 13.8. The van der Waals surface area contributed by atoms with E-state index in [0.29, 0.717) is 11.0 Å². The van der Waals surface area contributed by atoms with Crippen LogP contribution in [-0.4, -0.2) is 14.9 Å².